The van der Waals surface area contributed by atoms with E-state index in [4.69, 9.17) is 0 Å². The number of piperidine rings is 1. The van der Waals surface area contributed by atoms with Crippen molar-refractivity contribution in [3.8, 4) is 0 Å². The van der Waals surface area contributed by atoms with Crippen LogP contribution in [-0.2, 0) is 17.9 Å². The van der Waals surface area contributed by atoms with Gasteiger partial charge in [-0.3, -0.25) is 9.20 Å². The van der Waals surface area contributed by atoms with Gasteiger partial charge in [-0.1, -0.05) is 6.07 Å². The molecule has 3 aromatic heterocycles. The Morgan fingerprint density at radius 2 is 1.95 bits per heavy atom. The van der Waals surface area contributed by atoms with Gasteiger partial charge < -0.3 is 24.6 Å². The minimum absolute atomic E-state index is 0.0180. The first kappa shape index (κ1) is 25.8. The number of urea groups is 1. The third kappa shape index (κ3) is 4.46. The van der Waals surface area contributed by atoms with Crippen molar-refractivity contribution < 1.29 is 14.0 Å². The lowest BCUT2D eigenvalue weighted by Crippen LogP contribution is -2.47. The van der Waals surface area contributed by atoms with E-state index in [-0.39, 0.29) is 17.8 Å². The van der Waals surface area contributed by atoms with Crippen LogP contribution in [0.25, 0.3) is 27.7 Å². The average Bonchev–Trinajstić information content (AvgIpc) is 3.61. The second kappa shape index (κ2) is 10.0. The second-order valence-electron chi connectivity index (χ2n) is 11.7. The number of nitrogens with zero attached hydrogens (tertiary/aromatic N) is 6. The Morgan fingerprint density at radius 3 is 2.76 bits per heavy atom. The molecule has 1 N–H and O–H groups in total. The molecule has 7 rings (SSSR count). The first-order valence-electron chi connectivity index (χ1n) is 14.3. The van der Waals surface area contributed by atoms with E-state index < -0.39 is 0 Å². The van der Waals surface area contributed by atoms with Gasteiger partial charge in [-0.05, 0) is 62.7 Å². The third-order valence-electron chi connectivity index (χ3n) is 8.72. The number of carbonyl (C=O) groups excluding carboxylic acids is 2. The molecule has 0 bridgehead atoms. The minimum atomic E-state index is -0.374. The Morgan fingerprint density at radius 1 is 1.12 bits per heavy atom. The standard InChI is InChI=1S/C31H34FN7O2/c1-35(2)17-20-6-9-36(10-7-20)31(41)38-12-11-37-19-25(23-14-22(32)13-21(18-38)29(23)37)28-24(15-34-30(28)40)26-16-33-27-5-3-4-8-39(26)27/h3-5,8,13-14,16,19-20H,6-7,9-12,15,17-18H2,1-2H3,(H,34,40). The summed E-state index contributed by atoms with van der Waals surface area (Å²) in [4.78, 5) is 37.3. The summed E-state index contributed by atoms with van der Waals surface area (Å²) in [6.07, 6.45) is 7.67. The quantitative estimate of drug-likeness (QED) is 0.417. The Balaban J connectivity index is 1.23. The molecule has 9 nitrogen and oxygen atoms in total. The van der Waals surface area contributed by atoms with E-state index >= 15 is 4.39 Å². The van der Waals surface area contributed by atoms with E-state index in [0.29, 0.717) is 48.6 Å². The average molecular weight is 556 g/mol. The highest BCUT2D eigenvalue weighted by Gasteiger charge is 2.33. The molecule has 6 heterocycles. The van der Waals surface area contributed by atoms with Crippen molar-refractivity contribution in [3.63, 3.8) is 0 Å². The zero-order valence-corrected chi connectivity index (χ0v) is 23.4. The summed E-state index contributed by atoms with van der Waals surface area (Å²) >= 11 is 0. The molecule has 0 spiro atoms. The van der Waals surface area contributed by atoms with Crippen LogP contribution < -0.4 is 5.32 Å². The monoisotopic (exact) mass is 555 g/mol. The van der Waals surface area contributed by atoms with E-state index in [9.17, 15) is 9.59 Å². The Hall–Kier alpha value is -4.18. The topological polar surface area (TPSA) is 78.1 Å². The maximum Gasteiger partial charge on any atom is 0.320 e. The first-order valence-corrected chi connectivity index (χ1v) is 14.3. The number of benzene rings is 1. The molecule has 0 radical (unpaired) electrons. The lowest BCUT2D eigenvalue weighted by Gasteiger charge is -2.36. The van der Waals surface area contributed by atoms with Crippen LogP contribution in [0, 0.1) is 11.7 Å². The number of aromatic nitrogens is 3. The number of rotatable bonds is 4. The van der Waals surface area contributed by atoms with Gasteiger partial charge in [0.2, 0.25) is 0 Å². The van der Waals surface area contributed by atoms with Crippen molar-refractivity contribution in [1.29, 1.82) is 0 Å². The number of pyridine rings is 1. The summed E-state index contributed by atoms with van der Waals surface area (Å²) in [5, 5.41) is 3.67. The lowest BCUT2D eigenvalue weighted by molar-refractivity contribution is -0.114. The van der Waals surface area contributed by atoms with Crippen molar-refractivity contribution in [1.82, 2.24) is 34.0 Å². The van der Waals surface area contributed by atoms with Gasteiger partial charge in [-0.15, -0.1) is 0 Å². The van der Waals surface area contributed by atoms with Gasteiger partial charge in [-0.2, -0.15) is 0 Å². The molecule has 0 aliphatic carbocycles. The maximum absolute atomic E-state index is 15.2. The predicted octanol–water partition coefficient (Wildman–Crippen LogP) is 3.68. The molecular formula is C31H34FN7O2. The lowest BCUT2D eigenvalue weighted by atomic mass is 9.96. The van der Waals surface area contributed by atoms with Gasteiger partial charge in [0.25, 0.3) is 5.91 Å². The number of nitrogens with one attached hydrogen (secondary N) is 1. The van der Waals surface area contributed by atoms with Crippen LogP contribution in [-0.4, -0.2) is 87.4 Å². The van der Waals surface area contributed by atoms with E-state index in [1.165, 1.54) is 12.1 Å². The second-order valence-corrected chi connectivity index (χ2v) is 11.7. The highest BCUT2D eigenvalue weighted by atomic mass is 19.1. The molecule has 0 atom stereocenters. The van der Waals surface area contributed by atoms with Crippen LogP contribution in [0.5, 0.6) is 0 Å². The van der Waals surface area contributed by atoms with Crippen LogP contribution in [0.3, 0.4) is 0 Å². The Kier molecular flexibility index (Phi) is 6.30. The zero-order chi connectivity index (χ0) is 28.2. The van der Waals surface area contributed by atoms with Crippen LogP contribution in [0.1, 0.15) is 29.7 Å². The van der Waals surface area contributed by atoms with Gasteiger partial charge >= 0.3 is 6.03 Å². The van der Waals surface area contributed by atoms with Crippen molar-refractivity contribution >= 4 is 39.6 Å². The molecule has 41 heavy (non-hydrogen) atoms. The Bertz CT molecular complexity index is 1710. The highest BCUT2D eigenvalue weighted by Crippen LogP contribution is 2.38. The number of hydrogen-bond acceptors (Lipinski definition) is 4. The molecule has 1 aromatic carbocycles. The largest absolute Gasteiger partial charge is 0.348 e. The maximum atomic E-state index is 15.2. The first-order chi connectivity index (χ1) is 19.9. The molecule has 212 valence electrons. The molecule has 3 aliphatic heterocycles. The third-order valence-corrected chi connectivity index (χ3v) is 8.72. The fourth-order valence-electron chi connectivity index (χ4n) is 6.83. The van der Waals surface area contributed by atoms with Crippen LogP contribution in [0.4, 0.5) is 9.18 Å². The van der Waals surface area contributed by atoms with E-state index in [2.05, 4.69) is 33.9 Å². The van der Waals surface area contributed by atoms with Gasteiger partial charge in [0.1, 0.15) is 11.5 Å². The Labute approximate surface area is 237 Å². The van der Waals surface area contributed by atoms with Crippen LogP contribution >= 0.6 is 0 Å². The molecule has 10 heteroatoms. The van der Waals surface area contributed by atoms with E-state index in [0.717, 1.165) is 60.5 Å². The van der Waals surface area contributed by atoms with Gasteiger partial charge in [-0.25, -0.2) is 14.2 Å². The van der Waals surface area contributed by atoms with Crippen molar-refractivity contribution in [2.24, 2.45) is 5.92 Å². The molecule has 0 saturated carbocycles. The predicted molar refractivity (Wildman–Crippen MR) is 156 cm³/mol. The number of imidazole rings is 1. The normalized spacial score (nSPS) is 18.2. The van der Waals surface area contributed by atoms with E-state index in [1.807, 2.05) is 44.8 Å². The molecule has 3 amide bonds. The number of fused-ring (bicyclic) bond motifs is 1. The van der Waals surface area contributed by atoms with Crippen LogP contribution in [0.2, 0.25) is 0 Å². The highest BCUT2D eigenvalue weighted by molar-refractivity contribution is 6.32. The van der Waals surface area contributed by atoms with Crippen molar-refractivity contribution in [2.75, 3.05) is 46.8 Å². The summed E-state index contributed by atoms with van der Waals surface area (Å²) in [5.74, 6) is 0.0515. The number of amides is 3. The molecule has 4 aromatic rings. The number of likely N-dealkylation sites (tertiary alicyclic amines) is 1. The minimum Gasteiger partial charge on any atom is -0.348 e. The van der Waals surface area contributed by atoms with Gasteiger partial charge in [0.05, 0.1) is 23.0 Å². The zero-order valence-electron chi connectivity index (χ0n) is 23.4. The summed E-state index contributed by atoms with van der Waals surface area (Å²) in [5.41, 5.74) is 5.37. The van der Waals surface area contributed by atoms with Crippen LogP contribution in [0.15, 0.2) is 48.9 Å². The fraction of sp³-hybridized carbons (Fsp3) is 0.387. The number of halogens is 1. The van der Waals surface area contributed by atoms with Crippen molar-refractivity contribution in [3.05, 3.63) is 71.6 Å². The smallest absolute Gasteiger partial charge is 0.320 e. The summed E-state index contributed by atoms with van der Waals surface area (Å²) < 4.78 is 19.2. The SMILES string of the molecule is CN(C)CC1CCN(C(=O)N2CCn3cc(C4=C(c5cnc6ccccn56)CNC4=O)c4cc(F)cc(c43)C2)CC1. The van der Waals surface area contributed by atoms with Gasteiger partial charge in [0, 0.05) is 74.7 Å². The number of carbonyl (C=O) groups is 2. The summed E-state index contributed by atoms with van der Waals surface area (Å²) in [7, 11) is 4.18. The summed E-state index contributed by atoms with van der Waals surface area (Å²) in [6, 6.07) is 8.85. The number of hydrogen-bond donors (Lipinski definition) is 1. The molecule has 0 unspecified atom stereocenters. The molecule has 1 fully saturated rings. The summed E-state index contributed by atoms with van der Waals surface area (Å²) in [6.45, 7) is 4.33. The molecule has 3 aliphatic rings. The fourth-order valence-corrected chi connectivity index (χ4v) is 6.83. The molecular weight excluding hydrogens is 521 g/mol. The van der Waals surface area contributed by atoms with E-state index in [1.54, 1.807) is 6.20 Å². The van der Waals surface area contributed by atoms with Crippen molar-refractivity contribution in [2.45, 2.75) is 25.9 Å². The van der Waals surface area contributed by atoms with Gasteiger partial charge in [0.15, 0.2) is 0 Å². The molecule has 1 saturated heterocycles.